The Kier molecular flexibility index (Phi) is 5.83. The third kappa shape index (κ3) is 4.62. The average molecular weight is 464 g/mol. The summed E-state index contributed by atoms with van der Waals surface area (Å²) in [6.45, 7) is 4.36. The van der Waals surface area contributed by atoms with Gasteiger partial charge in [0.1, 0.15) is 11.3 Å². The minimum atomic E-state index is -3.52. The predicted octanol–water partition coefficient (Wildman–Crippen LogP) is 3.30. The summed E-state index contributed by atoms with van der Waals surface area (Å²) in [6, 6.07) is 5.01. The number of hydrogen-bond acceptors (Lipinski definition) is 6. The van der Waals surface area contributed by atoms with Crippen molar-refractivity contribution in [2.75, 3.05) is 17.5 Å². The summed E-state index contributed by atoms with van der Waals surface area (Å²) >= 11 is 6.19. The number of nitrogens with zero attached hydrogens (tertiary/aromatic N) is 4. The topological polar surface area (TPSA) is 94.4 Å². The molecule has 0 saturated carbocycles. The quantitative estimate of drug-likeness (QED) is 0.741. The highest BCUT2D eigenvalue weighted by Crippen LogP contribution is 2.31. The zero-order valence-corrected chi connectivity index (χ0v) is 19.4. The van der Waals surface area contributed by atoms with Crippen LogP contribution in [0.1, 0.15) is 48.5 Å². The summed E-state index contributed by atoms with van der Waals surface area (Å²) in [5.41, 5.74) is 3.29. The number of hydrogen-bond donors (Lipinski definition) is 1. The van der Waals surface area contributed by atoms with E-state index in [4.69, 9.17) is 16.7 Å². The second-order valence-corrected chi connectivity index (χ2v) is 10.4. The molecular weight excluding hydrogens is 438 g/mol. The van der Waals surface area contributed by atoms with Gasteiger partial charge < -0.3 is 4.90 Å². The minimum Gasteiger partial charge on any atom is -0.330 e. The van der Waals surface area contributed by atoms with E-state index in [9.17, 15) is 13.2 Å². The zero-order chi connectivity index (χ0) is 22.3. The fraction of sp³-hybridized carbons (Fsp3) is 0.476. The number of sulfonamides is 1. The van der Waals surface area contributed by atoms with E-state index in [0.29, 0.717) is 29.4 Å². The fourth-order valence-electron chi connectivity index (χ4n) is 4.24. The molecule has 0 aliphatic carbocycles. The summed E-state index contributed by atoms with van der Waals surface area (Å²) in [4.78, 5) is 19.9. The van der Waals surface area contributed by atoms with Crippen LogP contribution in [0.5, 0.6) is 0 Å². The molecular formula is C21H26ClN5O3S. The van der Waals surface area contributed by atoms with Crippen LogP contribution in [0, 0.1) is 6.92 Å². The summed E-state index contributed by atoms with van der Waals surface area (Å²) < 4.78 is 26.1. The number of piperidine rings is 1. The highest BCUT2D eigenvalue weighted by molar-refractivity contribution is 7.92. The van der Waals surface area contributed by atoms with E-state index < -0.39 is 10.0 Å². The van der Waals surface area contributed by atoms with Gasteiger partial charge in [0.25, 0.3) is 5.91 Å². The van der Waals surface area contributed by atoms with Gasteiger partial charge in [0, 0.05) is 24.7 Å². The Morgan fingerprint density at radius 2 is 2.03 bits per heavy atom. The van der Waals surface area contributed by atoms with Gasteiger partial charge in [0.2, 0.25) is 10.0 Å². The molecule has 0 radical (unpaired) electrons. The van der Waals surface area contributed by atoms with E-state index >= 15 is 0 Å². The van der Waals surface area contributed by atoms with Crippen LogP contribution in [0.15, 0.2) is 40.1 Å². The molecule has 1 fully saturated rings. The second-order valence-electron chi connectivity index (χ2n) is 8.32. The third-order valence-corrected chi connectivity index (χ3v) is 6.69. The van der Waals surface area contributed by atoms with E-state index in [-0.39, 0.29) is 18.1 Å². The van der Waals surface area contributed by atoms with Gasteiger partial charge in [-0.2, -0.15) is 5.10 Å². The lowest BCUT2D eigenvalue weighted by atomic mass is 9.94. The number of halogens is 1. The summed E-state index contributed by atoms with van der Waals surface area (Å²) in [7, 11) is -3.52. The third-order valence-electron chi connectivity index (χ3n) is 5.70. The average Bonchev–Trinajstić information content (AvgIpc) is 3.10. The molecule has 166 valence electrons. The standard InChI is InChI=1S/C21H26ClN5O3S/c1-13-7-8-16(25-31(3,29)30)15(10-13)21(28)26-9-5-4-6-18(26)17-11-19-23-20(22)14(2)12-27(19)24-17/h7-8,10,12,18-19,25H,4-6,9,11H2,1-3H3. The number of fused-ring (bicyclic) bond motifs is 1. The molecule has 8 nitrogen and oxygen atoms in total. The van der Waals surface area contributed by atoms with Gasteiger partial charge in [-0.3, -0.25) is 9.52 Å². The van der Waals surface area contributed by atoms with Crippen molar-refractivity contribution in [3.63, 3.8) is 0 Å². The Morgan fingerprint density at radius 3 is 2.77 bits per heavy atom. The number of allylic oxidation sites excluding steroid dienone is 1. The van der Waals surface area contributed by atoms with Crippen molar-refractivity contribution in [1.29, 1.82) is 0 Å². The number of aryl methyl sites for hydroxylation is 1. The van der Waals surface area contributed by atoms with E-state index in [1.165, 1.54) is 0 Å². The second kappa shape index (κ2) is 8.27. The molecule has 0 aromatic heterocycles. The molecule has 4 rings (SSSR count). The Bertz CT molecular complexity index is 1110. The first-order valence-corrected chi connectivity index (χ1v) is 12.6. The molecule has 0 spiro atoms. The Balaban J connectivity index is 1.64. The van der Waals surface area contributed by atoms with E-state index in [2.05, 4.69) is 9.71 Å². The molecule has 3 aliphatic rings. The number of rotatable bonds is 4. The van der Waals surface area contributed by atoms with Crippen LogP contribution < -0.4 is 4.72 Å². The van der Waals surface area contributed by atoms with Gasteiger partial charge in [-0.15, -0.1) is 0 Å². The predicted molar refractivity (Wildman–Crippen MR) is 123 cm³/mol. The summed E-state index contributed by atoms with van der Waals surface area (Å²) in [5.74, 6) is -0.194. The lowest BCUT2D eigenvalue weighted by Crippen LogP contribution is -2.48. The van der Waals surface area contributed by atoms with Crippen molar-refractivity contribution in [3.05, 3.63) is 41.1 Å². The summed E-state index contributed by atoms with van der Waals surface area (Å²) in [5, 5.41) is 7.05. The minimum absolute atomic E-state index is 0.152. The molecule has 1 aromatic rings. The highest BCUT2D eigenvalue weighted by Gasteiger charge is 2.38. The Morgan fingerprint density at radius 1 is 1.26 bits per heavy atom. The Hall–Kier alpha value is -2.39. The molecule has 1 saturated heterocycles. The van der Waals surface area contributed by atoms with Gasteiger partial charge in [-0.1, -0.05) is 23.2 Å². The molecule has 2 atom stereocenters. The molecule has 0 bridgehead atoms. The van der Waals surface area contributed by atoms with Crippen molar-refractivity contribution in [2.24, 2.45) is 10.1 Å². The van der Waals surface area contributed by atoms with Crippen LogP contribution in [0.25, 0.3) is 0 Å². The maximum Gasteiger partial charge on any atom is 0.256 e. The molecule has 1 N–H and O–H groups in total. The first-order valence-electron chi connectivity index (χ1n) is 10.3. The normalized spacial score (nSPS) is 23.7. The maximum absolute atomic E-state index is 13.6. The molecule has 3 heterocycles. The van der Waals surface area contributed by atoms with Crippen LogP contribution in [-0.2, 0) is 10.0 Å². The van der Waals surface area contributed by atoms with Crippen molar-refractivity contribution >= 4 is 44.1 Å². The number of amides is 1. The van der Waals surface area contributed by atoms with E-state index in [0.717, 1.165) is 42.4 Å². The molecule has 2 unspecified atom stereocenters. The lowest BCUT2D eigenvalue weighted by Gasteiger charge is -2.36. The van der Waals surface area contributed by atoms with Gasteiger partial charge in [-0.05, 0) is 45.2 Å². The van der Waals surface area contributed by atoms with Gasteiger partial charge in [0.05, 0.1) is 29.3 Å². The van der Waals surface area contributed by atoms with Crippen LogP contribution in [-0.4, -0.2) is 60.1 Å². The number of carbonyl (C=O) groups excluding carboxylic acids is 1. The number of anilines is 1. The van der Waals surface area contributed by atoms with Crippen LogP contribution in [0.4, 0.5) is 5.69 Å². The van der Waals surface area contributed by atoms with Gasteiger partial charge >= 0.3 is 0 Å². The number of nitrogens with one attached hydrogen (secondary N) is 1. The number of benzene rings is 1. The molecule has 10 heteroatoms. The van der Waals surface area contributed by atoms with Gasteiger partial charge in [0.15, 0.2) is 0 Å². The van der Waals surface area contributed by atoms with Crippen molar-refractivity contribution in [3.8, 4) is 0 Å². The van der Waals surface area contributed by atoms with Crippen molar-refractivity contribution in [2.45, 2.75) is 51.7 Å². The number of hydrazone groups is 1. The van der Waals surface area contributed by atoms with Crippen LogP contribution >= 0.6 is 11.6 Å². The van der Waals surface area contributed by atoms with Crippen molar-refractivity contribution < 1.29 is 13.2 Å². The number of likely N-dealkylation sites (tertiary alicyclic amines) is 1. The summed E-state index contributed by atoms with van der Waals surface area (Å²) in [6.07, 6.45) is 6.10. The fourth-order valence-corrected chi connectivity index (χ4v) is 4.98. The molecule has 1 aromatic carbocycles. The number of carbonyl (C=O) groups is 1. The molecule has 31 heavy (non-hydrogen) atoms. The highest BCUT2D eigenvalue weighted by atomic mass is 35.5. The van der Waals surface area contributed by atoms with Crippen LogP contribution in [0.2, 0.25) is 0 Å². The van der Waals surface area contributed by atoms with E-state index in [1.54, 1.807) is 18.2 Å². The molecule has 3 aliphatic heterocycles. The zero-order valence-electron chi connectivity index (χ0n) is 17.8. The van der Waals surface area contributed by atoms with Crippen LogP contribution in [0.3, 0.4) is 0 Å². The largest absolute Gasteiger partial charge is 0.330 e. The van der Waals surface area contributed by atoms with Crippen molar-refractivity contribution in [1.82, 2.24) is 9.91 Å². The van der Waals surface area contributed by atoms with E-state index in [1.807, 2.05) is 30.0 Å². The first-order chi connectivity index (χ1) is 14.6. The maximum atomic E-state index is 13.6. The van der Waals surface area contributed by atoms with Gasteiger partial charge in [-0.25, -0.2) is 18.4 Å². The number of aliphatic imine (C=N–C) groups is 1. The molecule has 1 amide bonds. The SMILES string of the molecule is CC1=CN2N=C(C3CCCCN3C(=O)c3cc(C)ccc3NS(C)(=O)=O)CC2N=C1Cl. The smallest absolute Gasteiger partial charge is 0.256 e. The monoisotopic (exact) mass is 463 g/mol. The Labute approximate surface area is 187 Å². The lowest BCUT2D eigenvalue weighted by molar-refractivity contribution is 0.0680. The first kappa shape index (κ1) is 21.8.